The van der Waals surface area contributed by atoms with Crippen molar-refractivity contribution in [2.75, 3.05) is 13.1 Å². The fourth-order valence-electron chi connectivity index (χ4n) is 1.81. The van der Waals surface area contributed by atoms with Crippen molar-refractivity contribution < 1.29 is 9.53 Å². The summed E-state index contributed by atoms with van der Waals surface area (Å²) in [5.41, 5.74) is 2.15. The molecule has 0 aromatic heterocycles. The summed E-state index contributed by atoms with van der Waals surface area (Å²) in [4.78, 5) is 13.6. The van der Waals surface area contributed by atoms with Crippen molar-refractivity contribution in [2.24, 2.45) is 0 Å². The van der Waals surface area contributed by atoms with Crippen LogP contribution in [-0.4, -0.2) is 24.1 Å². The molecule has 1 radical (unpaired) electrons. The molecule has 1 rings (SSSR count). The van der Waals surface area contributed by atoms with Crippen LogP contribution in [0.5, 0.6) is 5.75 Å². The molecule has 0 atom stereocenters. The van der Waals surface area contributed by atoms with E-state index in [4.69, 9.17) is 4.74 Å². The highest BCUT2D eigenvalue weighted by Gasteiger charge is 2.17. The van der Waals surface area contributed by atoms with Gasteiger partial charge >= 0.3 is 6.09 Å². The van der Waals surface area contributed by atoms with Crippen LogP contribution in [0, 0.1) is 13.0 Å². The summed E-state index contributed by atoms with van der Waals surface area (Å²) in [5, 5.41) is 0. The van der Waals surface area contributed by atoms with E-state index in [9.17, 15) is 4.79 Å². The van der Waals surface area contributed by atoms with Gasteiger partial charge in [0, 0.05) is 19.2 Å². The summed E-state index contributed by atoms with van der Waals surface area (Å²) >= 11 is 0. The van der Waals surface area contributed by atoms with Crippen molar-refractivity contribution in [1.29, 1.82) is 0 Å². The minimum Gasteiger partial charge on any atom is -0.410 e. The molecule has 0 heterocycles. The maximum Gasteiger partial charge on any atom is 0.415 e. The van der Waals surface area contributed by atoms with Gasteiger partial charge in [-0.05, 0) is 43.4 Å². The molecule has 0 bridgehead atoms. The Kier molecular flexibility index (Phi) is 4.98. The van der Waals surface area contributed by atoms with Gasteiger partial charge in [0.15, 0.2) is 0 Å². The number of hydrogen-bond donors (Lipinski definition) is 0. The average Bonchev–Trinajstić information content (AvgIpc) is 2.28. The molecule has 0 aliphatic carbocycles. The highest BCUT2D eigenvalue weighted by atomic mass is 16.6. The van der Waals surface area contributed by atoms with Crippen molar-refractivity contribution in [3.63, 3.8) is 0 Å². The lowest BCUT2D eigenvalue weighted by molar-refractivity contribution is 0.157. The third-order valence-electron chi connectivity index (χ3n) is 3.06. The zero-order valence-electron chi connectivity index (χ0n) is 12.8. The first-order chi connectivity index (χ1) is 8.77. The molecule has 0 aliphatic heterocycles. The van der Waals surface area contributed by atoms with E-state index in [0.717, 1.165) is 11.1 Å². The Morgan fingerprint density at radius 2 is 1.84 bits per heavy atom. The fraction of sp³-hybridized carbons (Fsp3) is 0.562. The van der Waals surface area contributed by atoms with Crippen LogP contribution < -0.4 is 4.74 Å². The van der Waals surface area contributed by atoms with Crippen LogP contribution in [0.4, 0.5) is 4.79 Å². The Labute approximate surface area is 116 Å². The molecule has 1 aromatic rings. The van der Waals surface area contributed by atoms with Crippen molar-refractivity contribution in [3.8, 4) is 5.75 Å². The summed E-state index contributed by atoms with van der Waals surface area (Å²) in [6, 6.07) is 7.06. The van der Waals surface area contributed by atoms with Gasteiger partial charge in [-0.3, -0.25) is 0 Å². The number of hydrogen-bond acceptors (Lipinski definition) is 2. The maximum absolute atomic E-state index is 11.9. The van der Waals surface area contributed by atoms with Crippen molar-refractivity contribution in [3.05, 3.63) is 29.3 Å². The molecule has 3 heteroatoms. The summed E-state index contributed by atoms with van der Waals surface area (Å²) in [7, 11) is 0. The maximum atomic E-state index is 11.9. The molecule has 0 unspecified atom stereocenters. The number of carbonyl (C=O) groups excluding carboxylic acids is 1. The third-order valence-corrected chi connectivity index (χ3v) is 3.06. The number of rotatable bonds is 3. The van der Waals surface area contributed by atoms with Gasteiger partial charge < -0.3 is 9.64 Å². The standard InChI is InChI=1S/C16H24NO2/c1-7-17(8-2)15(18)19-14-10-12(3)9-13(11-14)16(4,5)6/h9,11H,7-8H2,1-6H3. The Morgan fingerprint density at radius 1 is 1.26 bits per heavy atom. The molecule has 0 N–H and O–H groups in total. The number of nitrogens with zero attached hydrogens (tertiary/aromatic N) is 1. The smallest absolute Gasteiger partial charge is 0.410 e. The van der Waals surface area contributed by atoms with Gasteiger partial charge in [-0.25, -0.2) is 4.79 Å². The van der Waals surface area contributed by atoms with Gasteiger partial charge in [-0.1, -0.05) is 26.8 Å². The Bertz CT molecular complexity index is 443. The third kappa shape index (κ3) is 4.27. The second-order valence-corrected chi connectivity index (χ2v) is 5.71. The van der Waals surface area contributed by atoms with Crippen LogP contribution in [0.25, 0.3) is 0 Å². The minimum absolute atomic E-state index is 0.0240. The highest BCUT2D eigenvalue weighted by Crippen LogP contribution is 2.27. The number of ether oxygens (including phenoxy) is 1. The SMILES string of the molecule is CCN(CC)C(=O)Oc1[c]c(C)cc(C(C)(C)C)c1. The summed E-state index contributed by atoms with van der Waals surface area (Å²) in [6.07, 6.45) is -0.313. The van der Waals surface area contributed by atoms with E-state index in [0.29, 0.717) is 18.8 Å². The van der Waals surface area contributed by atoms with Gasteiger partial charge in [0.2, 0.25) is 0 Å². The van der Waals surface area contributed by atoms with E-state index in [1.807, 2.05) is 26.8 Å². The largest absolute Gasteiger partial charge is 0.415 e. The molecule has 1 aromatic carbocycles. The fourth-order valence-corrected chi connectivity index (χ4v) is 1.81. The van der Waals surface area contributed by atoms with Crippen LogP contribution in [0.1, 0.15) is 45.7 Å². The molecule has 0 aliphatic rings. The number of aryl methyl sites for hydroxylation is 1. The first-order valence-electron chi connectivity index (χ1n) is 6.79. The number of benzene rings is 1. The molecule has 19 heavy (non-hydrogen) atoms. The van der Waals surface area contributed by atoms with Gasteiger partial charge in [0.05, 0.1) is 0 Å². The van der Waals surface area contributed by atoms with Crippen LogP contribution in [0.15, 0.2) is 12.1 Å². The second kappa shape index (κ2) is 6.09. The zero-order valence-corrected chi connectivity index (χ0v) is 12.8. The zero-order chi connectivity index (χ0) is 14.6. The van der Waals surface area contributed by atoms with Crippen LogP contribution >= 0.6 is 0 Å². The van der Waals surface area contributed by atoms with E-state index < -0.39 is 0 Å². The van der Waals surface area contributed by atoms with Crippen molar-refractivity contribution in [2.45, 2.75) is 47.0 Å². The van der Waals surface area contributed by atoms with Crippen LogP contribution in [0.2, 0.25) is 0 Å². The Balaban J connectivity index is 2.96. The van der Waals surface area contributed by atoms with E-state index in [1.165, 1.54) is 0 Å². The highest BCUT2D eigenvalue weighted by molar-refractivity contribution is 5.70. The topological polar surface area (TPSA) is 29.5 Å². The lowest BCUT2D eigenvalue weighted by Gasteiger charge is -2.22. The molecular weight excluding hydrogens is 238 g/mol. The first kappa shape index (κ1) is 15.5. The molecule has 0 saturated heterocycles. The molecule has 0 saturated carbocycles. The van der Waals surface area contributed by atoms with Crippen molar-refractivity contribution in [1.82, 2.24) is 4.90 Å². The van der Waals surface area contributed by atoms with Gasteiger partial charge in [-0.2, -0.15) is 0 Å². The molecule has 0 spiro atoms. The van der Waals surface area contributed by atoms with Gasteiger partial charge in [0.25, 0.3) is 0 Å². The van der Waals surface area contributed by atoms with Crippen molar-refractivity contribution >= 4 is 6.09 Å². The van der Waals surface area contributed by atoms with Crippen LogP contribution in [0.3, 0.4) is 0 Å². The second-order valence-electron chi connectivity index (χ2n) is 5.71. The molecule has 1 amide bonds. The van der Waals surface area contributed by atoms with E-state index >= 15 is 0 Å². The summed E-state index contributed by atoms with van der Waals surface area (Å²) in [6.45, 7) is 13.5. The molecule has 105 valence electrons. The molecular formula is C16H24NO2. The van der Waals surface area contributed by atoms with Gasteiger partial charge in [-0.15, -0.1) is 0 Å². The molecule has 3 nitrogen and oxygen atoms in total. The van der Waals surface area contributed by atoms with E-state index in [-0.39, 0.29) is 11.5 Å². The molecule has 0 fully saturated rings. The first-order valence-corrected chi connectivity index (χ1v) is 6.79. The van der Waals surface area contributed by atoms with E-state index in [2.05, 4.69) is 32.9 Å². The quantitative estimate of drug-likeness (QED) is 0.826. The Hall–Kier alpha value is -1.51. The predicted octanol–water partition coefficient (Wildman–Crippen LogP) is 3.93. The lowest BCUT2D eigenvalue weighted by atomic mass is 9.86. The lowest BCUT2D eigenvalue weighted by Crippen LogP contribution is -2.33. The number of amides is 1. The van der Waals surface area contributed by atoms with Crippen LogP contribution in [-0.2, 0) is 5.41 Å². The number of carbonyl (C=O) groups is 1. The summed E-state index contributed by atoms with van der Waals surface area (Å²) < 4.78 is 5.41. The predicted molar refractivity (Wildman–Crippen MR) is 77.7 cm³/mol. The minimum atomic E-state index is -0.313. The Morgan fingerprint density at radius 3 is 2.32 bits per heavy atom. The van der Waals surface area contributed by atoms with Gasteiger partial charge in [0.1, 0.15) is 5.75 Å². The van der Waals surface area contributed by atoms with E-state index in [1.54, 1.807) is 4.90 Å². The average molecular weight is 262 g/mol. The normalized spacial score (nSPS) is 11.3. The monoisotopic (exact) mass is 262 g/mol. The summed E-state index contributed by atoms with van der Waals surface area (Å²) in [5.74, 6) is 0.502.